The number of aliphatic hydroxyl groups is 1. The van der Waals surface area contributed by atoms with Crippen molar-refractivity contribution in [1.82, 2.24) is 10.2 Å². The van der Waals surface area contributed by atoms with E-state index in [2.05, 4.69) is 26.1 Å². The predicted molar refractivity (Wildman–Crippen MR) is 153 cm³/mol. The van der Waals surface area contributed by atoms with Gasteiger partial charge in [-0.05, 0) is 59.7 Å². The maximum absolute atomic E-state index is 13.3. The molecule has 0 bridgehead atoms. The first-order valence-corrected chi connectivity index (χ1v) is 14.2. The van der Waals surface area contributed by atoms with E-state index in [1.165, 1.54) is 35.1 Å². The molecule has 38 heavy (non-hydrogen) atoms. The van der Waals surface area contributed by atoms with Crippen LogP contribution in [0.5, 0.6) is 5.75 Å². The first kappa shape index (κ1) is 26.4. The van der Waals surface area contributed by atoms with E-state index in [-0.39, 0.29) is 16.5 Å². The van der Waals surface area contributed by atoms with E-state index in [1.54, 1.807) is 36.4 Å². The molecule has 1 atom stereocenters. The Bertz CT molecular complexity index is 1520. The van der Waals surface area contributed by atoms with E-state index in [1.807, 2.05) is 36.4 Å². The number of amides is 1. The van der Waals surface area contributed by atoms with E-state index < -0.39 is 17.7 Å². The zero-order chi connectivity index (χ0) is 26.8. The van der Waals surface area contributed by atoms with Crippen LogP contribution in [0.3, 0.4) is 0 Å². The van der Waals surface area contributed by atoms with Crippen LogP contribution >= 0.6 is 50.6 Å². The number of rotatable bonds is 7. The summed E-state index contributed by atoms with van der Waals surface area (Å²) in [5, 5.41) is 20.7. The highest BCUT2D eigenvalue weighted by molar-refractivity contribution is 9.10. The Kier molecular flexibility index (Phi) is 7.85. The molecule has 1 N–H and O–H groups in total. The van der Waals surface area contributed by atoms with E-state index in [0.29, 0.717) is 32.0 Å². The van der Waals surface area contributed by atoms with Gasteiger partial charge < -0.3 is 9.84 Å². The lowest BCUT2D eigenvalue weighted by molar-refractivity contribution is -0.132. The molecule has 1 aliphatic heterocycles. The Morgan fingerprint density at radius 2 is 1.74 bits per heavy atom. The number of ether oxygens (including phenoxy) is 1. The van der Waals surface area contributed by atoms with Gasteiger partial charge in [0.25, 0.3) is 5.78 Å². The summed E-state index contributed by atoms with van der Waals surface area (Å²) in [7, 11) is 1.54. The third-order valence-corrected chi connectivity index (χ3v) is 8.78. The Morgan fingerprint density at radius 1 is 1.05 bits per heavy atom. The number of halogens is 2. The number of ketones is 1. The molecular weight excluding hydrogens is 610 g/mol. The number of aromatic nitrogens is 2. The molecule has 7 nitrogen and oxygen atoms in total. The molecule has 0 radical (unpaired) electrons. The van der Waals surface area contributed by atoms with Gasteiger partial charge in [-0.15, -0.1) is 10.2 Å². The van der Waals surface area contributed by atoms with Gasteiger partial charge in [-0.2, -0.15) is 0 Å². The number of hydrogen-bond acceptors (Lipinski definition) is 8. The van der Waals surface area contributed by atoms with Crippen molar-refractivity contribution >= 4 is 73.2 Å². The number of nitrogens with zero attached hydrogens (tertiary/aromatic N) is 3. The van der Waals surface area contributed by atoms with Gasteiger partial charge in [0.15, 0.2) is 4.34 Å². The molecule has 4 aromatic rings. The normalized spacial score (nSPS) is 16.7. The molecule has 0 spiro atoms. The van der Waals surface area contributed by atoms with E-state index >= 15 is 0 Å². The molecule has 3 aromatic carbocycles. The first-order valence-electron chi connectivity index (χ1n) is 11.3. The number of thioether (sulfide) groups is 1. The zero-order valence-corrected chi connectivity index (χ0v) is 23.8. The number of carbonyl (C=O) groups is 2. The number of anilines is 1. The Labute approximate surface area is 240 Å². The second kappa shape index (κ2) is 11.3. The highest BCUT2D eigenvalue weighted by atomic mass is 79.9. The monoisotopic (exact) mass is 627 g/mol. The van der Waals surface area contributed by atoms with Crippen molar-refractivity contribution in [3.63, 3.8) is 0 Å². The topological polar surface area (TPSA) is 92.6 Å². The van der Waals surface area contributed by atoms with Crippen molar-refractivity contribution in [2.24, 2.45) is 0 Å². The Hall–Kier alpha value is -3.18. The maximum Gasteiger partial charge on any atom is 0.301 e. The summed E-state index contributed by atoms with van der Waals surface area (Å²) in [5.41, 5.74) is 2.08. The van der Waals surface area contributed by atoms with Gasteiger partial charge in [0.05, 0.1) is 18.7 Å². The molecule has 1 amide bonds. The lowest BCUT2D eigenvalue weighted by Crippen LogP contribution is -2.29. The highest BCUT2D eigenvalue weighted by Gasteiger charge is 2.48. The third kappa shape index (κ3) is 5.35. The number of benzene rings is 3. The van der Waals surface area contributed by atoms with Crippen molar-refractivity contribution in [2.45, 2.75) is 16.1 Å². The average molecular weight is 629 g/mol. The minimum absolute atomic E-state index is 0.0203. The van der Waals surface area contributed by atoms with Gasteiger partial charge in [0.1, 0.15) is 11.5 Å². The number of aliphatic hydroxyl groups excluding tert-OH is 1. The van der Waals surface area contributed by atoms with Crippen LogP contribution in [0.15, 0.2) is 87.2 Å². The molecule has 11 heteroatoms. The maximum atomic E-state index is 13.3. The number of hydrogen-bond donors (Lipinski definition) is 1. The molecule has 1 fully saturated rings. The molecule has 0 saturated carbocycles. The molecule has 1 saturated heterocycles. The van der Waals surface area contributed by atoms with Crippen LogP contribution in [0.2, 0.25) is 5.02 Å². The van der Waals surface area contributed by atoms with Crippen molar-refractivity contribution in [1.29, 1.82) is 0 Å². The molecule has 1 aliphatic rings. The largest absolute Gasteiger partial charge is 0.507 e. The fourth-order valence-electron chi connectivity index (χ4n) is 3.98. The van der Waals surface area contributed by atoms with Gasteiger partial charge in [-0.3, -0.25) is 14.5 Å². The first-order chi connectivity index (χ1) is 18.4. The zero-order valence-electron chi connectivity index (χ0n) is 19.8. The molecule has 1 unspecified atom stereocenters. The van der Waals surface area contributed by atoms with Crippen molar-refractivity contribution in [2.75, 3.05) is 12.0 Å². The van der Waals surface area contributed by atoms with E-state index in [9.17, 15) is 14.7 Å². The van der Waals surface area contributed by atoms with Crippen LogP contribution < -0.4 is 9.64 Å². The minimum Gasteiger partial charge on any atom is -0.507 e. The van der Waals surface area contributed by atoms with Crippen LogP contribution in [0.4, 0.5) is 5.13 Å². The second-order valence-electron chi connectivity index (χ2n) is 8.21. The summed E-state index contributed by atoms with van der Waals surface area (Å²) in [5.74, 6) is -0.611. The molecule has 1 aromatic heterocycles. The third-order valence-electron chi connectivity index (χ3n) is 5.87. The predicted octanol–water partition coefficient (Wildman–Crippen LogP) is 6.88. The lowest BCUT2D eigenvalue weighted by atomic mass is 9.95. The molecule has 2 heterocycles. The van der Waals surface area contributed by atoms with Gasteiger partial charge in [-0.1, -0.05) is 74.9 Å². The van der Waals surface area contributed by atoms with Gasteiger partial charge in [0, 0.05) is 20.8 Å². The fraction of sp³-hybridized carbons (Fsp3) is 0.111. The lowest BCUT2D eigenvalue weighted by Gasteiger charge is -2.22. The van der Waals surface area contributed by atoms with Crippen molar-refractivity contribution in [3.8, 4) is 5.75 Å². The van der Waals surface area contributed by atoms with Gasteiger partial charge in [0.2, 0.25) is 5.13 Å². The molecule has 192 valence electrons. The summed E-state index contributed by atoms with van der Waals surface area (Å²) in [6.07, 6.45) is 0. The van der Waals surface area contributed by atoms with Gasteiger partial charge >= 0.3 is 5.91 Å². The number of Topliss-reactive ketones (excluding diaryl/α,β-unsaturated/α-hetero) is 1. The minimum atomic E-state index is -0.882. The quantitative estimate of drug-likeness (QED) is 0.0784. The van der Waals surface area contributed by atoms with Gasteiger partial charge in [-0.25, -0.2) is 0 Å². The highest BCUT2D eigenvalue weighted by Crippen LogP contribution is 2.44. The van der Waals surface area contributed by atoms with Crippen molar-refractivity contribution < 1.29 is 19.4 Å². The fourth-order valence-corrected chi connectivity index (χ4v) is 6.19. The van der Waals surface area contributed by atoms with E-state index in [4.69, 9.17) is 16.3 Å². The molecule has 0 aliphatic carbocycles. The molecular formula is C27H19BrClN3O4S2. The number of methoxy groups -OCH3 is 1. The Balaban J connectivity index is 1.52. The second-order valence-corrected chi connectivity index (χ2v) is 11.7. The van der Waals surface area contributed by atoms with Crippen LogP contribution in [-0.4, -0.2) is 34.1 Å². The standard InChI is InChI=1S/C27H19BrClN3O4S2/c1-36-20-12-6-17(7-13-20)23(33)21-22(16-4-8-18(28)9-5-16)32(25(35)24(21)34)26-30-31-27(38-26)37-14-15-2-10-19(29)11-3-15/h2-13,22,33H,14H2,1H3/b23-21-. The average Bonchev–Trinajstić information content (AvgIpc) is 3.50. The summed E-state index contributed by atoms with van der Waals surface area (Å²) < 4.78 is 6.67. The molecule has 5 rings (SSSR count). The van der Waals surface area contributed by atoms with Crippen LogP contribution in [0, 0.1) is 0 Å². The smallest absolute Gasteiger partial charge is 0.301 e. The van der Waals surface area contributed by atoms with Crippen LogP contribution in [-0.2, 0) is 15.3 Å². The summed E-state index contributed by atoms with van der Waals surface area (Å²) in [6.45, 7) is 0. The van der Waals surface area contributed by atoms with Crippen LogP contribution in [0.1, 0.15) is 22.7 Å². The SMILES string of the molecule is COc1ccc(/C(O)=C2/C(=O)C(=O)N(c3nnc(SCc4ccc(Cl)cc4)s3)C2c2ccc(Br)cc2)cc1. The van der Waals surface area contributed by atoms with Crippen LogP contribution in [0.25, 0.3) is 5.76 Å². The summed E-state index contributed by atoms with van der Waals surface area (Å²) in [6, 6.07) is 20.5. The number of carbonyl (C=O) groups excluding carboxylic acids is 2. The van der Waals surface area contributed by atoms with Crippen molar-refractivity contribution in [3.05, 3.63) is 105 Å². The van der Waals surface area contributed by atoms with E-state index in [0.717, 1.165) is 10.0 Å². The summed E-state index contributed by atoms with van der Waals surface area (Å²) in [4.78, 5) is 28.0. The Morgan fingerprint density at radius 3 is 2.39 bits per heavy atom. The summed E-state index contributed by atoms with van der Waals surface area (Å²) >= 11 is 12.1.